The van der Waals surface area contributed by atoms with Crippen LogP contribution in [0.1, 0.15) is 6.92 Å². The monoisotopic (exact) mass is 243 g/mol. The number of carbonyl (C=O) groups excluding carboxylic acids is 1. The van der Waals surface area contributed by atoms with Gasteiger partial charge in [-0.15, -0.1) is 0 Å². The number of carbonyl (C=O) groups is 1. The Balaban J connectivity index is 2.48. The number of anilines is 1. The zero-order valence-electron chi connectivity index (χ0n) is 8.55. The third-order valence-electron chi connectivity index (χ3n) is 2.42. The number of hydrogen-bond acceptors (Lipinski definition) is 3. The van der Waals surface area contributed by atoms with E-state index in [0.29, 0.717) is 0 Å². The highest BCUT2D eigenvalue weighted by Crippen LogP contribution is 2.27. The lowest BCUT2D eigenvalue weighted by molar-refractivity contribution is -0.119. The molecule has 1 heterocycles. The van der Waals surface area contributed by atoms with Crippen molar-refractivity contribution in [1.82, 2.24) is 0 Å². The van der Waals surface area contributed by atoms with Crippen LogP contribution in [0, 0.1) is 11.7 Å². The average Bonchev–Trinajstić information content (AvgIpc) is 2.39. The van der Waals surface area contributed by atoms with Crippen molar-refractivity contribution >= 4 is 21.6 Å². The van der Waals surface area contributed by atoms with E-state index in [9.17, 15) is 17.6 Å². The van der Waals surface area contributed by atoms with Gasteiger partial charge in [0.1, 0.15) is 5.82 Å². The smallest absolute Gasteiger partial charge is 0.244 e. The molecule has 2 rings (SSSR count). The predicted molar refractivity (Wildman–Crippen MR) is 56.8 cm³/mol. The second-order valence-electron chi connectivity index (χ2n) is 3.76. The molecular formula is C10H10FNO3S. The molecule has 16 heavy (non-hydrogen) atoms. The third kappa shape index (κ3) is 1.69. The number of benzene rings is 1. The van der Waals surface area contributed by atoms with Crippen molar-refractivity contribution < 1.29 is 17.6 Å². The highest BCUT2D eigenvalue weighted by Gasteiger charge is 2.41. The van der Waals surface area contributed by atoms with Gasteiger partial charge in [-0.1, -0.05) is 6.92 Å². The Hall–Kier alpha value is -1.43. The van der Waals surface area contributed by atoms with E-state index in [0.717, 1.165) is 16.4 Å². The molecule has 0 spiro atoms. The number of nitrogens with zero attached hydrogens (tertiary/aromatic N) is 1. The molecule has 1 saturated heterocycles. The molecule has 0 bridgehead atoms. The maximum Gasteiger partial charge on any atom is 0.244 e. The molecule has 4 nitrogen and oxygen atoms in total. The predicted octanol–water partition coefficient (Wildman–Crippen LogP) is 1.14. The van der Waals surface area contributed by atoms with Gasteiger partial charge in [-0.3, -0.25) is 4.79 Å². The standard InChI is InChI=1S/C10H10FNO3S/c1-7-6-16(14,15)12(10(7)13)9-4-2-8(11)3-5-9/h2-5,7H,6H2,1H3. The van der Waals surface area contributed by atoms with Gasteiger partial charge < -0.3 is 0 Å². The summed E-state index contributed by atoms with van der Waals surface area (Å²) in [5.74, 6) is -1.68. The Morgan fingerprint density at radius 2 is 1.88 bits per heavy atom. The van der Waals surface area contributed by atoms with Crippen LogP contribution in [-0.2, 0) is 14.8 Å². The Kier molecular flexibility index (Phi) is 2.46. The molecule has 1 aliphatic rings. The first kappa shape index (κ1) is 11.1. The van der Waals surface area contributed by atoms with Gasteiger partial charge in [0, 0.05) is 0 Å². The van der Waals surface area contributed by atoms with Gasteiger partial charge in [0.25, 0.3) is 0 Å². The molecule has 1 atom stereocenters. The first-order valence-corrected chi connectivity index (χ1v) is 6.35. The minimum Gasteiger partial charge on any atom is -0.273 e. The van der Waals surface area contributed by atoms with Crippen molar-refractivity contribution in [1.29, 1.82) is 0 Å². The molecule has 1 aromatic rings. The molecule has 0 aromatic heterocycles. The van der Waals surface area contributed by atoms with Crippen LogP contribution in [0.4, 0.5) is 10.1 Å². The number of halogens is 1. The van der Waals surface area contributed by atoms with E-state index in [1.807, 2.05) is 0 Å². The van der Waals surface area contributed by atoms with Crippen LogP contribution in [0.5, 0.6) is 0 Å². The number of amides is 1. The summed E-state index contributed by atoms with van der Waals surface area (Å²) in [6.07, 6.45) is 0. The summed E-state index contributed by atoms with van der Waals surface area (Å²) in [5.41, 5.74) is 0.191. The summed E-state index contributed by atoms with van der Waals surface area (Å²) in [7, 11) is -3.59. The minimum atomic E-state index is -3.59. The van der Waals surface area contributed by atoms with Gasteiger partial charge in [-0.05, 0) is 24.3 Å². The van der Waals surface area contributed by atoms with Gasteiger partial charge >= 0.3 is 0 Å². The van der Waals surface area contributed by atoms with E-state index >= 15 is 0 Å². The Labute approximate surface area is 92.7 Å². The maximum absolute atomic E-state index is 12.7. The van der Waals surface area contributed by atoms with Crippen molar-refractivity contribution in [2.24, 2.45) is 5.92 Å². The lowest BCUT2D eigenvalue weighted by Crippen LogP contribution is -2.30. The topological polar surface area (TPSA) is 54.5 Å². The SMILES string of the molecule is CC1CS(=O)(=O)N(c2ccc(F)cc2)C1=O. The van der Waals surface area contributed by atoms with Crippen molar-refractivity contribution in [2.45, 2.75) is 6.92 Å². The second kappa shape index (κ2) is 3.55. The quantitative estimate of drug-likeness (QED) is 0.743. The zero-order chi connectivity index (χ0) is 11.9. The Morgan fingerprint density at radius 3 is 2.31 bits per heavy atom. The number of sulfonamides is 1. The molecule has 0 radical (unpaired) electrons. The van der Waals surface area contributed by atoms with E-state index in [-0.39, 0.29) is 11.4 Å². The van der Waals surface area contributed by atoms with Gasteiger partial charge in [0.15, 0.2) is 0 Å². The zero-order valence-corrected chi connectivity index (χ0v) is 9.37. The Bertz CT molecular complexity index is 524. The molecule has 1 aliphatic heterocycles. The highest BCUT2D eigenvalue weighted by molar-refractivity contribution is 7.94. The van der Waals surface area contributed by atoms with E-state index in [1.54, 1.807) is 6.92 Å². The summed E-state index contributed by atoms with van der Waals surface area (Å²) >= 11 is 0. The molecular weight excluding hydrogens is 233 g/mol. The fraction of sp³-hybridized carbons (Fsp3) is 0.300. The number of rotatable bonds is 1. The third-order valence-corrected chi connectivity index (χ3v) is 4.29. The van der Waals surface area contributed by atoms with E-state index < -0.39 is 27.7 Å². The summed E-state index contributed by atoms with van der Waals surface area (Å²) in [4.78, 5) is 11.7. The Morgan fingerprint density at radius 1 is 1.31 bits per heavy atom. The average molecular weight is 243 g/mol. The molecule has 1 fully saturated rings. The molecule has 1 unspecified atom stereocenters. The van der Waals surface area contributed by atoms with Crippen LogP contribution < -0.4 is 4.31 Å². The van der Waals surface area contributed by atoms with Gasteiger partial charge in [-0.2, -0.15) is 0 Å². The van der Waals surface area contributed by atoms with Crippen molar-refractivity contribution in [3.63, 3.8) is 0 Å². The van der Waals surface area contributed by atoms with Gasteiger partial charge in [0.05, 0.1) is 17.4 Å². The van der Waals surface area contributed by atoms with Crippen molar-refractivity contribution in [2.75, 3.05) is 10.1 Å². The first-order chi connectivity index (χ1) is 7.42. The molecule has 86 valence electrons. The summed E-state index contributed by atoms with van der Waals surface area (Å²) in [6.45, 7) is 1.56. The minimum absolute atomic E-state index is 0.191. The second-order valence-corrected chi connectivity index (χ2v) is 5.62. The molecule has 1 aromatic carbocycles. The fourth-order valence-corrected chi connectivity index (χ4v) is 3.48. The molecule has 6 heteroatoms. The highest BCUT2D eigenvalue weighted by atomic mass is 32.2. The molecule has 0 N–H and O–H groups in total. The summed E-state index contributed by atoms with van der Waals surface area (Å²) in [5, 5.41) is 0. The molecule has 0 aliphatic carbocycles. The summed E-state index contributed by atoms with van der Waals surface area (Å²) < 4.78 is 36.8. The van der Waals surface area contributed by atoms with Crippen LogP contribution in [0.3, 0.4) is 0 Å². The van der Waals surface area contributed by atoms with Crippen LogP contribution in [0.15, 0.2) is 24.3 Å². The van der Waals surface area contributed by atoms with E-state index in [1.165, 1.54) is 12.1 Å². The maximum atomic E-state index is 12.7. The van der Waals surface area contributed by atoms with Gasteiger partial charge in [-0.25, -0.2) is 17.1 Å². The molecule has 1 amide bonds. The van der Waals surface area contributed by atoms with Crippen LogP contribution in [-0.4, -0.2) is 20.1 Å². The van der Waals surface area contributed by atoms with Crippen LogP contribution >= 0.6 is 0 Å². The first-order valence-electron chi connectivity index (χ1n) is 4.74. The largest absolute Gasteiger partial charge is 0.273 e. The van der Waals surface area contributed by atoms with Crippen LogP contribution in [0.2, 0.25) is 0 Å². The summed E-state index contributed by atoms with van der Waals surface area (Å²) in [6, 6.07) is 4.81. The van der Waals surface area contributed by atoms with Gasteiger partial charge in [0.2, 0.25) is 15.9 Å². The molecule has 0 saturated carbocycles. The van der Waals surface area contributed by atoms with Crippen molar-refractivity contribution in [3.8, 4) is 0 Å². The van der Waals surface area contributed by atoms with E-state index in [4.69, 9.17) is 0 Å². The van der Waals surface area contributed by atoms with Crippen LogP contribution in [0.25, 0.3) is 0 Å². The normalized spacial score (nSPS) is 23.8. The fourth-order valence-electron chi connectivity index (χ4n) is 1.66. The number of hydrogen-bond donors (Lipinski definition) is 0. The van der Waals surface area contributed by atoms with Crippen molar-refractivity contribution in [3.05, 3.63) is 30.1 Å². The lowest BCUT2D eigenvalue weighted by Gasteiger charge is -2.14. The lowest BCUT2D eigenvalue weighted by atomic mass is 10.2. The van der Waals surface area contributed by atoms with E-state index in [2.05, 4.69) is 0 Å².